The molecule has 0 saturated heterocycles. The van der Waals surface area contributed by atoms with Gasteiger partial charge >= 0.3 is 23.1 Å². The third-order valence-electron chi connectivity index (χ3n) is 1.55. The van der Waals surface area contributed by atoms with E-state index in [0.717, 1.165) is 5.75 Å². The Labute approximate surface area is 124 Å². The van der Waals surface area contributed by atoms with Crippen molar-refractivity contribution in [2.75, 3.05) is 6.61 Å². The first-order chi connectivity index (χ1) is 4.97. The van der Waals surface area contributed by atoms with Crippen molar-refractivity contribution < 1.29 is 48.0 Å². The van der Waals surface area contributed by atoms with E-state index >= 15 is 0 Å². The molecule has 1 aromatic rings. The largest absolute Gasteiger partial charge is 0.489 e. The molecule has 0 amide bonds. The average Bonchev–Trinajstić information content (AvgIpc) is 2.05. The molecule has 1 heterocycles. The third kappa shape index (κ3) is 4.31. The van der Waals surface area contributed by atoms with Gasteiger partial charge in [0, 0.05) is 48.8 Å². The number of ether oxygens (including phenoxy) is 1. The van der Waals surface area contributed by atoms with Gasteiger partial charge in [0.05, 0.1) is 0 Å². The van der Waals surface area contributed by atoms with Gasteiger partial charge in [-0.15, -0.1) is 0 Å². The Morgan fingerprint density at radius 1 is 1.15 bits per heavy atom. The van der Waals surface area contributed by atoms with E-state index in [-0.39, 0.29) is 66.3 Å². The van der Waals surface area contributed by atoms with Crippen molar-refractivity contribution in [3.05, 3.63) is 35.9 Å². The van der Waals surface area contributed by atoms with Crippen molar-refractivity contribution in [2.45, 2.75) is 0 Å². The number of fused-ring (bicyclic) bond motifs is 1. The van der Waals surface area contributed by atoms with E-state index in [1.54, 1.807) is 0 Å². The van der Waals surface area contributed by atoms with Crippen LogP contribution in [-0.4, -0.2) is 29.7 Å². The van der Waals surface area contributed by atoms with E-state index in [0.29, 0.717) is 6.61 Å². The minimum atomic E-state index is 0. The van der Waals surface area contributed by atoms with Crippen LogP contribution in [0.3, 0.4) is 0 Å². The van der Waals surface area contributed by atoms with Crippen molar-refractivity contribution in [1.82, 2.24) is 0 Å². The molecule has 0 atom stereocenters. The Hall–Kier alpha value is 0.929. The molecule has 13 heavy (non-hydrogen) atoms. The minimum Gasteiger partial charge on any atom is -0.489 e. The zero-order chi connectivity index (χ0) is 6.81. The molecule has 2 rings (SSSR count). The first-order valence-corrected chi connectivity index (χ1v) is 3.35. The van der Waals surface area contributed by atoms with Gasteiger partial charge < -0.3 is 4.74 Å². The maximum Gasteiger partial charge on any atom is 0.316 e. The maximum atomic E-state index is 5.34. The molecule has 0 spiro atoms. The number of para-hydroxylation sites is 1. The van der Waals surface area contributed by atoms with Gasteiger partial charge in [0.1, 0.15) is 12.4 Å². The zero-order valence-electron chi connectivity index (χ0n) is 6.38. The summed E-state index contributed by atoms with van der Waals surface area (Å²) < 4.78 is 5.34. The summed E-state index contributed by atoms with van der Waals surface area (Å²) in [5, 5.41) is 0. The molecule has 1 radical (unpaired) electrons. The molecular weight excluding hydrogens is 303 g/mol. The smallest absolute Gasteiger partial charge is 0.316 e. The van der Waals surface area contributed by atoms with Crippen molar-refractivity contribution in [1.29, 1.82) is 0 Å². The first-order valence-electron chi connectivity index (χ1n) is 3.35. The van der Waals surface area contributed by atoms with Crippen molar-refractivity contribution >= 4 is 29.1 Å². The van der Waals surface area contributed by atoms with E-state index in [1.165, 1.54) is 5.56 Å². The molecule has 0 N–H and O–H groups in total. The number of hydrogen-bond acceptors (Lipinski definition) is 1. The van der Waals surface area contributed by atoms with E-state index in [9.17, 15) is 0 Å². The molecule has 0 unspecified atom stereocenters. The fourth-order valence-electron chi connectivity index (χ4n) is 1.06. The predicted octanol–water partition coefficient (Wildman–Crippen LogP) is 1.17. The van der Waals surface area contributed by atoms with Crippen LogP contribution in [0.5, 0.6) is 5.75 Å². The second kappa shape index (κ2) is 8.25. The number of benzene rings is 1. The summed E-state index contributed by atoms with van der Waals surface area (Å²) in [6, 6.07) is 8.03. The second-order valence-electron chi connectivity index (χ2n) is 2.25. The normalized spacial score (nSPS) is 10.8. The summed E-state index contributed by atoms with van der Waals surface area (Å²) in [6.45, 7) is 0.705. The molecule has 69 valence electrons. The Morgan fingerprint density at radius 2 is 1.85 bits per heavy atom. The molecule has 0 fully saturated rings. The molecule has 1 nitrogen and oxygen atoms in total. The van der Waals surface area contributed by atoms with Crippen molar-refractivity contribution in [3.63, 3.8) is 0 Å². The number of hydrogen-bond donors (Lipinski definition) is 0. The van der Waals surface area contributed by atoms with Crippen LogP contribution in [0.2, 0.25) is 0 Å². The fraction of sp³-hybridized carbons (Fsp3) is 0.111. The first kappa shape index (κ1) is 16.4. The molecule has 1 aliphatic heterocycles. The van der Waals surface area contributed by atoms with Gasteiger partial charge in [-0.3, -0.25) is 0 Å². The monoisotopic (exact) mass is 311 g/mol. The zero-order valence-corrected chi connectivity index (χ0v) is 9.78. The van der Waals surface area contributed by atoms with Crippen LogP contribution in [0.25, 0.3) is 6.08 Å². The van der Waals surface area contributed by atoms with Gasteiger partial charge in [-0.2, -0.15) is 0 Å². The average molecular weight is 313 g/mol. The van der Waals surface area contributed by atoms with Crippen LogP contribution < -0.4 is 4.74 Å². The summed E-state index contributed by atoms with van der Waals surface area (Å²) in [5.74, 6) is 0.991. The van der Waals surface area contributed by atoms with E-state index in [4.69, 9.17) is 4.74 Å². The van der Waals surface area contributed by atoms with Gasteiger partial charge in [0.15, 0.2) is 0 Å². The van der Waals surface area contributed by atoms with Gasteiger partial charge in [0.2, 0.25) is 0 Å². The SMILES string of the molecule is C1=Cc2ccccc2OC1.[Cu].[MgH2].[Zr]. The van der Waals surface area contributed by atoms with Gasteiger partial charge in [-0.25, -0.2) is 0 Å². The fourth-order valence-corrected chi connectivity index (χ4v) is 1.06. The molecule has 0 bridgehead atoms. The van der Waals surface area contributed by atoms with E-state index in [2.05, 4.69) is 6.08 Å². The summed E-state index contributed by atoms with van der Waals surface area (Å²) in [5.41, 5.74) is 1.17. The van der Waals surface area contributed by atoms with Gasteiger partial charge in [0.25, 0.3) is 0 Å². The van der Waals surface area contributed by atoms with Crippen molar-refractivity contribution in [2.24, 2.45) is 0 Å². The Kier molecular flexibility index (Phi) is 10.4. The van der Waals surface area contributed by atoms with Crippen LogP contribution in [0.4, 0.5) is 0 Å². The van der Waals surface area contributed by atoms with Crippen LogP contribution in [0.1, 0.15) is 5.56 Å². The van der Waals surface area contributed by atoms with Gasteiger partial charge in [-0.05, 0) is 12.1 Å². The number of rotatable bonds is 0. The molecule has 4 heteroatoms. The molecule has 0 aromatic heterocycles. The van der Waals surface area contributed by atoms with E-state index in [1.807, 2.05) is 30.3 Å². The standard InChI is InChI=1S/C9H8O.Cu.Mg.Zr.2H/c1-2-6-9-8(4-1)5-3-7-10-9;;;;;/h1-6H,7H2;;;;;. The quantitative estimate of drug-likeness (QED) is 0.654. The summed E-state index contributed by atoms with van der Waals surface area (Å²) in [4.78, 5) is 0. The third-order valence-corrected chi connectivity index (χ3v) is 1.55. The molecule has 1 aromatic carbocycles. The van der Waals surface area contributed by atoms with Crippen LogP contribution in [-0.2, 0) is 43.3 Å². The Bertz CT molecular complexity index is 278. The van der Waals surface area contributed by atoms with Gasteiger partial charge in [-0.1, -0.05) is 24.3 Å². The Morgan fingerprint density at radius 3 is 2.54 bits per heavy atom. The van der Waals surface area contributed by atoms with Crippen LogP contribution in [0.15, 0.2) is 30.3 Å². The summed E-state index contributed by atoms with van der Waals surface area (Å²) in [6.07, 6.45) is 4.10. The topological polar surface area (TPSA) is 9.23 Å². The van der Waals surface area contributed by atoms with E-state index < -0.39 is 0 Å². The summed E-state index contributed by atoms with van der Waals surface area (Å²) >= 11 is 0. The molecule has 0 aliphatic carbocycles. The second-order valence-corrected chi connectivity index (χ2v) is 2.25. The van der Waals surface area contributed by atoms with Crippen LogP contribution >= 0.6 is 0 Å². The molecule has 1 aliphatic rings. The predicted molar refractivity (Wildman–Crippen MR) is 49.5 cm³/mol. The molecular formula is C9H10CuMgOZr. The van der Waals surface area contributed by atoms with Crippen molar-refractivity contribution in [3.8, 4) is 5.75 Å². The Balaban J connectivity index is 0. The maximum absolute atomic E-state index is 5.34. The van der Waals surface area contributed by atoms with Crippen LogP contribution in [0, 0.1) is 0 Å². The minimum absolute atomic E-state index is 0. The summed E-state index contributed by atoms with van der Waals surface area (Å²) in [7, 11) is 0. The molecule has 0 saturated carbocycles.